The number of nitrogens with one attached hydrogen (secondary N) is 1. The molecule has 1 rings (SSSR count). The number of rotatable bonds is 3. The first-order chi connectivity index (χ1) is 7.82. The first-order valence-electron chi connectivity index (χ1n) is 5.04. The number of carbonyl (C=O) groups is 1. The third-order valence-electron chi connectivity index (χ3n) is 2.28. The highest BCUT2D eigenvalue weighted by Crippen LogP contribution is 2.24. The van der Waals surface area contributed by atoms with E-state index in [0.717, 1.165) is 12.1 Å². The topological polar surface area (TPSA) is 55.1 Å². The zero-order chi connectivity index (χ0) is 13.2. The Labute approximate surface area is 107 Å². The average molecular weight is 307 g/mol. The summed E-state index contributed by atoms with van der Waals surface area (Å²) in [5.74, 6) is -2.42. The van der Waals surface area contributed by atoms with E-state index in [0.29, 0.717) is 0 Å². The van der Waals surface area contributed by atoms with Crippen molar-refractivity contribution in [2.24, 2.45) is 11.7 Å². The van der Waals surface area contributed by atoms with Crippen LogP contribution in [0, 0.1) is 17.6 Å². The third-order valence-corrected chi connectivity index (χ3v) is 2.73. The maximum Gasteiger partial charge on any atom is 0.241 e. The van der Waals surface area contributed by atoms with Gasteiger partial charge in [-0.1, -0.05) is 29.8 Å². The molecule has 0 aromatic heterocycles. The number of nitrogens with two attached hydrogens (primary N) is 1. The van der Waals surface area contributed by atoms with Gasteiger partial charge in [-0.15, -0.1) is 0 Å². The van der Waals surface area contributed by atoms with E-state index in [1.54, 1.807) is 13.8 Å². The van der Waals surface area contributed by atoms with Crippen LogP contribution in [0.1, 0.15) is 13.8 Å². The molecule has 1 aromatic carbocycles. The molecule has 0 aliphatic carbocycles. The summed E-state index contributed by atoms with van der Waals surface area (Å²) in [5.41, 5.74) is 5.09. The van der Waals surface area contributed by atoms with Gasteiger partial charge in [0.05, 0.1) is 6.04 Å². The van der Waals surface area contributed by atoms with E-state index in [1.807, 2.05) is 0 Å². The van der Waals surface area contributed by atoms with Gasteiger partial charge in [0, 0.05) is 4.47 Å². The number of anilines is 1. The van der Waals surface area contributed by atoms with E-state index in [1.165, 1.54) is 0 Å². The van der Waals surface area contributed by atoms with Crippen molar-refractivity contribution in [2.75, 3.05) is 5.32 Å². The van der Waals surface area contributed by atoms with Crippen molar-refractivity contribution in [3.05, 3.63) is 28.2 Å². The maximum atomic E-state index is 13.4. The summed E-state index contributed by atoms with van der Waals surface area (Å²) < 4.78 is 27.1. The lowest BCUT2D eigenvalue weighted by Crippen LogP contribution is -2.40. The zero-order valence-corrected chi connectivity index (χ0v) is 11.0. The van der Waals surface area contributed by atoms with Crippen molar-refractivity contribution in [1.29, 1.82) is 0 Å². The molecule has 3 N–H and O–H groups in total. The lowest BCUT2D eigenvalue weighted by Gasteiger charge is -2.16. The fourth-order valence-electron chi connectivity index (χ4n) is 1.17. The minimum atomic E-state index is -0.846. The molecule has 0 radical (unpaired) electrons. The lowest BCUT2D eigenvalue weighted by molar-refractivity contribution is -0.118. The monoisotopic (exact) mass is 306 g/mol. The van der Waals surface area contributed by atoms with Crippen LogP contribution in [0.3, 0.4) is 0 Å². The van der Waals surface area contributed by atoms with Crippen LogP contribution in [0.5, 0.6) is 0 Å². The van der Waals surface area contributed by atoms with Crippen molar-refractivity contribution in [2.45, 2.75) is 19.9 Å². The van der Waals surface area contributed by atoms with Gasteiger partial charge in [0.15, 0.2) is 11.6 Å². The maximum absolute atomic E-state index is 13.4. The summed E-state index contributed by atoms with van der Waals surface area (Å²) in [7, 11) is 0. The molecule has 6 heteroatoms. The normalized spacial score (nSPS) is 12.6. The Hall–Kier alpha value is -1.01. The molecule has 0 heterocycles. The largest absolute Gasteiger partial charge is 0.320 e. The van der Waals surface area contributed by atoms with Gasteiger partial charge < -0.3 is 11.1 Å². The van der Waals surface area contributed by atoms with Crippen LogP contribution in [-0.2, 0) is 4.79 Å². The fourth-order valence-corrected chi connectivity index (χ4v) is 1.57. The number of hydrogen-bond acceptors (Lipinski definition) is 2. The zero-order valence-electron chi connectivity index (χ0n) is 9.43. The molecule has 0 fully saturated rings. The minimum absolute atomic E-state index is 0.114. The van der Waals surface area contributed by atoms with Gasteiger partial charge in [0.25, 0.3) is 0 Å². The van der Waals surface area contributed by atoms with Crippen LogP contribution in [0.25, 0.3) is 0 Å². The molecule has 0 aliphatic rings. The number of halogens is 3. The Morgan fingerprint density at radius 1 is 1.35 bits per heavy atom. The SMILES string of the molecule is CC(C)C(N)C(=O)Nc1c(F)cc(Br)cc1F. The van der Waals surface area contributed by atoms with Gasteiger partial charge in [0.1, 0.15) is 5.69 Å². The van der Waals surface area contributed by atoms with Gasteiger partial charge in [-0.3, -0.25) is 4.79 Å². The van der Waals surface area contributed by atoms with E-state index in [-0.39, 0.29) is 10.4 Å². The second-order valence-corrected chi connectivity index (χ2v) is 4.92. The van der Waals surface area contributed by atoms with Crippen molar-refractivity contribution in [1.82, 2.24) is 0 Å². The first-order valence-corrected chi connectivity index (χ1v) is 5.83. The van der Waals surface area contributed by atoms with E-state index in [2.05, 4.69) is 21.2 Å². The van der Waals surface area contributed by atoms with Gasteiger partial charge >= 0.3 is 0 Å². The van der Waals surface area contributed by atoms with Crippen LogP contribution in [0.15, 0.2) is 16.6 Å². The van der Waals surface area contributed by atoms with Crippen LogP contribution in [0.2, 0.25) is 0 Å². The van der Waals surface area contributed by atoms with Crippen molar-refractivity contribution in [3.8, 4) is 0 Å². The molecular formula is C11H13BrF2N2O. The Morgan fingerprint density at radius 2 is 1.82 bits per heavy atom. The molecule has 1 aromatic rings. The summed E-state index contributed by atoms with van der Waals surface area (Å²) in [6.07, 6.45) is 0. The Kier molecular flexibility index (Phi) is 4.59. The van der Waals surface area contributed by atoms with Crippen LogP contribution in [0.4, 0.5) is 14.5 Å². The standard InChI is InChI=1S/C11H13BrF2N2O/c1-5(2)9(15)11(17)16-10-7(13)3-6(12)4-8(10)14/h3-5,9H,15H2,1-2H3,(H,16,17). The number of carbonyl (C=O) groups excluding carboxylic acids is 1. The molecule has 0 aliphatic heterocycles. The van der Waals surface area contributed by atoms with Gasteiger partial charge in [0.2, 0.25) is 5.91 Å². The second kappa shape index (κ2) is 5.55. The van der Waals surface area contributed by atoms with Crippen LogP contribution in [-0.4, -0.2) is 11.9 Å². The summed E-state index contributed by atoms with van der Waals surface area (Å²) in [4.78, 5) is 11.6. The predicted molar refractivity (Wildman–Crippen MR) is 65.5 cm³/mol. The van der Waals surface area contributed by atoms with Gasteiger partial charge in [-0.25, -0.2) is 8.78 Å². The molecule has 0 spiro atoms. The molecule has 1 atom stereocenters. The third kappa shape index (κ3) is 3.47. The molecule has 1 amide bonds. The second-order valence-electron chi connectivity index (χ2n) is 4.00. The van der Waals surface area contributed by atoms with E-state index >= 15 is 0 Å². The molecule has 94 valence electrons. The fraction of sp³-hybridized carbons (Fsp3) is 0.364. The molecule has 17 heavy (non-hydrogen) atoms. The van der Waals surface area contributed by atoms with Crippen LogP contribution < -0.4 is 11.1 Å². The molecule has 1 unspecified atom stereocenters. The number of hydrogen-bond donors (Lipinski definition) is 2. The highest BCUT2D eigenvalue weighted by atomic mass is 79.9. The summed E-state index contributed by atoms with van der Waals surface area (Å²) in [6.45, 7) is 3.50. The van der Waals surface area contributed by atoms with Gasteiger partial charge in [-0.2, -0.15) is 0 Å². The van der Waals surface area contributed by atoms with E-state index < -0.39 is 29.3 Å². The Bertz CT molecular complexity index is 414. The first kappa shape index (κ1) is 14.1. The summed E-state index contributed by atoms with van der Waals surface area (Å²) in [5, 5.41) is 2.15. The number of amides is 1. The molecule has 3 nitrogen and oxygen atoms in total. The van der Waals surface area contributed by atoms with Gasteiger partial charge in [-0.05, 0) is 18.1 Å². The predicted octanol–water partition coefficient (Wildman–Crippen LogP) is 2.65. The highest BCUT2D eigenvalue weighted by Gasteiger charge is 2.20. The highest BCUT2D eigenvalue weighted by molar-refractivity contribution is 9.10. The smallest absolute Gasteiger partial charge is 0.241 e. The quantitative estimate of drug-likeness (QED) is 0.902. The summed E-state index contributed by atoms with van der Waals surface area (Å²) >= 11 is 2.95. The lowest BCUT2D eigenvalue weighted by atomic mass is 10.0. The Morgan fingerprint density at radius 3 is 2.24 bits per heavy atom. The van der Waals surface area contributed by atoms with E-state index in [9.17, 15) is 13.6 Å². The van der Waals surface area contributed by atoms with Crippen molar-refractivity contribution < 1.29 is 13.6 Å². The van der Waals surface area contributed by atoms with Crippen LogP contribution >= 0.6 is 15.9 Å². The summed E-state index contributed by atoms with van der Waals surface area (Å²) in [6, 6.07) is 1.33. The van der Waals surface area contributed by atoms with Crippen molar-refractivity contribution >= 4 is 27.5 Å². The minimum Gasteiger partial charge on any atom is -0.320 e. The van der Waals surface area contributed by atoms with E-state index in [4.69, 9.17) is 5.73 Å². The molecule has 0 bridgehead atoms. The average Bonchev–Trinajstić information content (AvgIpc) is 2.21. The Balaban J connectivity index is 2.93. The molecule has 0 saturated heterocycles. The molecular weight excluding hydrogens is 294 g/mol. The van der Waals surface area contributed by atoms with Crippen molar-refractivity contribution in [3.63, 3.8) is 0 Å². The number of benzene rings is 1. The molecule has 0 saturated carbocycles.